The molecule has 1 fully saturated rings. The number of likely N-dealkylation sites (tertiary alicyclic amines) is 1. The molecule has 2 N–H and O–H groups in total. The van der Waals surface area contributed by atoms with Crippen molar-refractivity contribution in [2.75, 3.05) is 19.7 Å². The number of rotatable bonds is 2. The Labute approximate surface area is 112 Å². The summed E-state index contributed by atoms with van der Waals surface area (Å²) < 4.78 is 0. The van der Waals surface area contributed by atoms with Crippen molar-refractivity contribution in [3.8, 4) is 0 Å². The maximum absolute atomic E-state index is 12.5. The Morgan fingerprint density at radius 3 is 2.95 bits per heavy atom. The molecular formula is C14H20N2O3. The van der Waals surface area contributed by atoms with Gasteiger partial charge in [-0.3, -0.25) is 9.59 Å². The summed E-state index contributed by atoms with van der Waals surface area (Å²) in [6.07, 6.45) is 3.30. The van der Waals surface area contributed by atoms with Crippen molar-refractivity contribution in [3.63, 3.8) is 0 Å². The molecule has 1 aliphatic rings. The number of aryl methyl sites for hydroxylation is 1. The second-order valence-corrected chi connectivity index (χ2v) is 5.66. The van der Waals surface area contributed by atoms with E-state index in [1.54, 1.807) is 24.1 Å². The van der Waals surface area contributed by atoms with Crippen LogP contribution in [0.2, 0.25) is 0 Å². The highest BCUT2D eigenvalue weighted by Crippen LogP contribution is 2.29. The fraction of sp³-hybridized carbons (Fsp3) is 0.571. The Hall–Kier alpha value is -1.62. The molecule has 19 heavy (non-hydrogen) atoms. The predicted octanol–water partition coefficient (Wildman–Crippen LogP) is 0.918. The number of nitrogens with zero attached hydrogens (tertiary/aromatic N) is 1. The largest absolute Gasteiger partial charge is 0.396 e. The van der Waals surface area contributed by atoms with Crippen molar-refractivity contribution in [3.05, 3.63) is 33.7 Å². The molecule has 0 spiro atoms. The number of piperidine rings is 1. The fourth-order valence-electron chi connectivity index (χ4n) is 2.62. The van der Waals surface area contributed by atoms with Gasteiger partial charge in [0.2, 0.25) is 0 Å². The van der Waals surface area contributed by atoms with Crippen molar-refractivity contribution in [2.45, 2.75) is 26.7 Å². The van der Waals surface area contributed by atoms with Gasteiger partial charge in [0, 0.05) is 24.7 Å². The zero-order valence-corrected chi connectivity index (χ0v) is 11.4. The topological polar surface area (TPSA) is 73.4 Å². The van der Waals surface area contributed by atoms with Crippen LogP contribution in [0.5, 0.6) is 0 Å². The van der Waals surface area contributed by atoms with E-state index in [-0.39, 0.29) is 29.1 Å². The molecule has 1 atom stereocenters. The molecule has 104 valence electrons. The van der Waals surface area contributed by atoms with E-state index in [1.165, 1.54) is 0 Å². The molecular weight excluding hydrogens is 244 g/mol. The standard InChI is InChI=1S/C14H20N2O3/c1-10-4-6-15-12(18)11(10)13(19)16-7-3-5-14(2,8-16)9-17/h4,6,17H,3,5,7-9H2,1-2H3,(H,15,18). The van der Waals surface area contributed by atoms with Crippen molar-refractivity contribution >= 4 is 5.91 Å². The van der Waals surface area contributed by atoms with E-state index in [0.29, 0.717) is 18.7 Å². The SMILES string of the molecule is Cc1cc[nH]c(=O)c1C(=O)N1CCCC(C)(CO)C1. The predicted molar refractivity (Wildman–Crippen MR) is 72.1 cm³/mol. The molecule has 5 heteroatoms. The van der Waals surface area contributed by atoms with Gasteiger partial charge in [0.25, 0.3) is 11.5 Å². The first-order chi connectivity index (χ1) is 8.97. The van der Waals surface area contributed by atoms with Crippen molar-refractivity contribution in [1.29, 1.82) is 0 Å². The molecule has 0 bridgehead atoms. The molecule has 1 amide bonds. The molecule has 2 heterocycles. The molecule has 0 aliphatic carbocycles. The minimum atomic E-state index is -0.346. The number of hydrogen-bond donors (Lipinski definition) is 2. The second-order valence-electron chi connectivity index (χ2n) is 5.66. The number of hydrogen-bond acceptors (Lipinski definition) is 3. The van der Waals surface area contributed by atoms with Gasteiger partial charge in [-0.25, -0.2) is 0 Å². The van der Waals surface area contributed by atoms with Gasteiger partial charge < -0.3 is 15.0 Å². The first-order valence-corrected chi connectivity index (χ1v) is 6.55. The molecule has 1 aromatic heterocycles. The third-order valence-corrected chi connectivity index (χ3v) is 3.83. The highest BCUT2D eigenvalue weighted by atomic mass is 16.3. The third-order valence-electron chi connectivity index (χ3n) is 3.83. The molecule has 1 aromatic rings. The van der Waals surface area contributed by atoms with Gasteiger partial charge >= 0.3 is 0 Å². The summed E-state index contributed by atoms with van der Waals surface area (Å²) in [6, 6.07) is 1.73. The van der Waals surface area contributed by atoms with Crippen LogP contribution in [-0.2, 0) is 0 Å². The summed E-state index contributed by atoms with van der Waals surface area (Å²) in [5.74, 6) is -0.237. The summed E-state index contributed by atoms with van der Waals surface area (Å²) in [7, 11) is 0. The number of H-pyrrole nitrogens is 1. The van der Waals surface area contributed by atoms with E-state index in [2.05, 4.69) is 4.98 Å². The van der Waals surface area contributed by atoms with Gasteiger partial charge in [-0.15, -0.1) is 0 Å². The van der Waals surface area contributed by atoms with Crippen LogP contribution in [0.3, 0.4) is 0 Å². The average molecular weight is 264 g/mol. The molecule has 1 saturated heterocycles. The lowest BCUT2D eigenvalue weighted by Gasteiger charge is -2.39. The lowest BCUT2D eigenvalue weighted by Crippen LogP contribution is -2.47. The number of aliphatic hydroxyl groups is 1. The monoisotopic (exact) mass is 264 g/mol. The first kappa shape index (κ1) is 13.8. The fourth-order valence-corrected chi connectivity index (χ4v) is 2.62. The zero-order valence-electron chi connectivity index (χ0n) is 11.4. The molecule has 0 radical (unpaired) electrons. The summed E-state index contributed by atoms with van der Waals surface area (Å²) in [4.78, 5) is 28.5. The molecule has 1 unspecified atom stereocenters. The number of aromatic amines is 1. The lowest BCUT2D eigenvalue weighted by molar-refractivity contribution is 0.0356. The summed E-state index contributed by atoms with van der Waals surface area (Å²) >= 11 is 0. The number of carbonyl (C=O) groups excluding carboxylic acids is 1. The Balaban J connectivity index is 2.27. The van der Waals surface area contributed by atoms with Gasteiger partial charge in [-0.05, 0) is 31.4 Å². The van der Waals surface area contributed by atoms with Gasteiger partial charge in [0.1, 0.15) is 5.56 Å². The van der Waals surface area contributed by atoms with Gasteiger partial charge in [-0.1, -0.05) is 6.92 Å². The van der Waals surface area contributed by atoms with Crippen LogP contribution in [-0.4, -0.2) is 40.6 Å². The van der Waals surface area contributed by atoms with Crippen LogP contribution < -0.4 is 5.56 Å². The normalized spacial score (nSPS) is 23.4. The molecule has 5 nitrogen and oxygen atoms in total. The quantitative estimate of drug-likeness (QED) is 0.834. The van der Waals surface area contributed by atoms with Crippen molar-refractivity contribution in [1.82, 2.24) is 9.88 Å². The number of aliphatic hydroxyl groups excluding tert-OH is 1. The van der Waals surface area contributed by atoms with E-state index >= 15 is 0 Å². The number of aromatic nitrogens is 1. The summed E-state index contributed by atoms with van der Waals surface area (Å²) in [5, 5.41) is 9.42. The summed E-state index contributed by atoms with van der Waals surface area (Å²) in [6.45, 7) is 4.92. The maximum atomic E-state index is 12.5. The van der Waals surface area contributed by atoms with Gasteiger partial charge in [-0.2, -0.15) is 0 Å². The minimum Gasteiger partial charge on any atom is -0.396 e. The molecule has 0 aromatic carbocycles. The average Bonchev–Trinajstić information content (AvgIpc) is 2.38. The van der Waals surface area contributed by atoms with Gasteiger partial charge in [0.05, 0.1) is 6.61 Å². The smallest absolute Gasteiger partial charge is 0.261 e. The molecule has 1 aliphatic heterocycles. The Morgan fingerprint density at radius 2 is 2.32 bits per heavy atom. The van der Waals surface area contributed by atoms with Crippen molar-refractivity contribution in [2.24, 2.45) is 5.41 Å². The van der Waals surface area contributed by atoms with E-state index in [4.69, 9.17) is 0 Å². The van der Waals surface area contributed by atoms with Crippen LogP contribution in [0.4, 0.5) is 0 Å². The van der Waals surface area contributed by atoms with Crippen LogP contribution >= 0.6 is 0 Å². The van der Waals surface area contributed by atoms with E-state index in [1.807, 2.05) is 6.92 Å². The van der Waals surface area contributed by atoms with E-state index < -0.39 is 0 Å². The number of nitrogens with one attached hydrogen (secondary N) is 1. The number of amides is 1. The van der Waals surface area contributed by atoms with Gasteiger partial charge in [0.15, 0.2) is 0 Å². The Bertz CT molecular complexity index is 538. The minimum absolute atomic E-state index is 0.0565. The van der Waals surface area contributed by atoms with Crippen LogP contribution in [0, 0.1) is 12.3 Å². The van der Waals surface area contributed by atoms with Crippen LogP contribution in [0.1, 0.15) is 35.7 Å². The zero-order chi connectivity index (χ0) is 14.0. The Morgan fingerprint density at radius 1 is 1.58 bits per heavy atom. The Kier molecular flexibility index (Phi) is 3.75. The van der Waals surface area contributed by atoms with Crippen molar-refractivity contribution < 1.29 is 9.90 Å². The molecule has 0 saturated carbocycles. The van der Waals surface area contributed by atoms with E-state index in [9.17, 15) is 14.7 Å². The number of carbonyl (C=O) groups is 1. The maximum Gasteiger partial charge on any atom is 0.261 e. The second kappa shape index (κ2) is 5.17. The van der Waals surface area contributed by atoms with Crippen LogP contribution in [0.25, 0.3) is 0 Å². The first-order valence-electron chi connectivity index (χ1n) is 6.55. The third kappa shape index (κ3) is 2.71. The highest BCUT2D eigenvalue weighted by molar-refractivity contribution is 5.95. The van der Waals surface area contributed by atoms with Crippen LogP contribution in [0.15, 0.2) is 17.1 Å². The van der Waals surface area contributed by atoms with E-state index in [0.717, 1.165) is 12.8 Å². The highest BCUT2D eigenvalue weighted by Gasteiger charge is 2.33. The molecule has 2 rings (SSSR count). The number of pyridine rings is 1. The lowest BCUT2D eigenvalue weighted by atomic mass is 9.82. The summed E-state index contributed by atoms with van der Waals surface area (Å²) in [5.41, 5.74) is 0.291.